The molecule has 0 bridgehead atoms. The molecule has 1 unspecified atom stereocenters. The Balaban J connectivity index is 1.59. The van der Waals surface area contributed by atoms with E-state index in [4.69, 9.17) is 4.74 Å². The van der Waals surface area contributed by atoms with Crippen LogP contribution in [0.3, 0.4) is 0 Å². The van der Waals surface area contributed by atoms with Gasteiger partial charge in [-0.3, -0.25) is 9.59 Å². The first kappa shape index (κ1) is 21.3. The average molecular weight is 407 g/mol. The number of amides is 2. The first-order valence-electron chi connectivity index (χ1n) is 10.1. The van der Waals surface area contributed by atoms with E-state index in [1.54, 1.807) is 19.2 Å². The molecule has 0 heterocycles. The molecule has 3 N–H and O–H groups in total. The Morgan fingerprint density at radius 2 is 1.53 bits per heavy atom. The molecule has 3 aromatic carbocycles. The van der Waals surface area contributed by atoms with Gasteiger partial charge in [-0.05, 0) is 41.5 Å². The zero-order valence-corrected chi connectivity index (χ0v) is 17.4. The van der Waals surface area contributed by atoms with Crippen molar-refractivity contribution in [2.45, 2.75) is 13.3 Å². The number of carbonyl (C=O) groups excluding carboxylic acids is 2. The molecule has 0 spiro atoms. The highest BCUT2D eigenvalue weighted by Crippen LogP contribution is 2.22. The van der Waals surface area contributed by atoms with Gasteiger partial charge >= 0.3 is 0 Å². The minimum Gasteiger partial charge on any atom is -0.495 e. The normalized spacial score (nSPS) is 11.7. The fourth-order valence-corrected chi connectivity index (χ4v) is 3.46. The van der Waals surface area contributed by atoms with Crippen LogP contribution in [0.25, 0.3) is 10.8 Å². The molecule has 0 aliphatic carbocycles. The van der Waals surface area contributed by atoms with Crippen molar-refractivity contribution in [1.29, 1.82) is 0 Å². The number of fused-ring (bicyclic) bond motifs is 1. The molecule has 0 aromatic heterocycles. The topological polar surface area (TPSA) is 71.9 Å². The second-order valence-electron chi connectivity index (χ2n) is 7.21. The van der Waals surface area contributed by atoms with Crippen molar-refractivity contribution in [3.8, 4) is 5.75 Å². The van der Waals surface area contributed by atoms with Crippen molar-refractivity contribution in [3.05, 3.63) is 66.7 Å². The third-order valence-corrected chi connectivity index (χ3v) is 4.84. The van der Waals surface area contributed by atoms with Gasteiger partial charge in [0, 0.05) is 5.69 Å². The first-order chi connectivity index (χ1) is 14.6. The van der Waals surface area contributed by atoms with Crippen molar-refractivity contribution in [1.82, 2.24) is 0 Å². The van der Waals surface area contributed by atoms with Crippen molar-refractivity contribution in [2.75, 3.05) is 37.4 Å². The van der Waals surface area contributed by atoms with Crippen LogP contribution in [0.2, 0.25) is 0 Å². The van der Waals surface area contributed by atoms with E-state index in [0.717, 1.165) is 34.3 Å². The molecule has 6 heteroatoms. The standard InChI is InChI=1S/C24H27N3O3/c1-3-14-27(17-24(29)26-21-10-6-7-11-22(21)30-2)16-23(28)25-20-13-12-18-8-4-5-9-19(18)15-20/h4-13,15H,3,14,16-17H2,1-2H3,(H,25,28)(H,26,29)/p+1. The van der Waals surface area contributed by atoms with E-state index in [-0.39, 0.29) is 24.9 Å². The maximum atomic E-state index is 12.6. The maximum Gasteiger partial charge on any atom is 0.279 e. The highest BCUT2D eigenvalue weighted by atomic mass is 16.5. The molecule has 0 aliphatic heterocycles. The summed E-state index contributed by atoms with van der Waals surface area (Å²) in [7, 11) is 1.57. The number of anilines is 2. The van der Waals surface area contributed by atoms with Crippen LogP contribution in [-0.4, -0.2) is 38.6 Å². The van der Waals surface area contributed by atoms with E-state index in [2.05, 4.69) is 10.6 Å². The highest BCUT2D eigenvalue weighted by Gasteiger charge is 2.18. The molecule has 6 nitrogen and oxygen atoms in total. The van der Waals surface area contributed by atoms with Gasteiger partial charge in [-0.15, -0.1) is 0 Å². The zero-order chi connectivity index (χ0) is 21.3. The summed E-state index contributed by atoms with van der Waals surface area (Å²) >= 11 is 0. The number of hydrogen-bond donors (Lipinski definition) is 3. The van der Waals surface area contributed by atoms with E-state index < -0.39 is 0 Å². The molecule has 1 atom stereocenters. The minimum absolute atomic E-state index is 0.112. The monoisotopic (exact) mass is 406 g/mol. The van der Waals surface area contributed by atoms with E-state index >= 15 is 0 Å². The van der Waals surface area contributed by atoms with Gasteiger partial charge in [0.25, 0.3) is 11.8 Å². The molecule has 3 aromatic rings. The van der Waals surface area contributed by atoms with Crippen LogP contribution in [0.1, 0.15) is 13.3 Å². The Morgan fingerprint density at radius 1 is 0.867 bits per heavy atom. The Morgan fingerprint density at radius 3 is 2.27 bits per heavy atom. The van der Waals surface area contributed by atoms with Crippen molar-refractivity contribution in [3.63, 3.8) is 0 Å². The summed E-state index contributed by atoms with van der Waals surface area (Å²) in [6.45, 7) is 3.20. The number of benzene rings is 3. The summed E-state index contributed by atoms with van der Waals surface area (Å²) in [5, 5.41) is 8.03. The zero-order valence-electron chi connectivity index (χ0n) is 17.4. The van der Waals surface area contributed by atoms with Gasteiger partial charge in [0.05, 0.1) is 19.3 Å². The lowest BCUT2D eigenvalue weighted by atomic mass is 10.1. The van der Waals surface area contributed by atoms with Gasteiger partial charge in [-0.1, -0.05) is 49.4 Å². The number of quaternary nitrogens is 1. The molecule has 0 saturated carbocycles. The van der Waals surface area contributed by atoms with Gasteiger partial charge in [0.15, 0.2) is 13.1 Å². The SMILES string of the molecule is CCC[NH+](CC(=O)Nc1ccc2ccccc2c1)CC(=O)Nc1ccccc1OC. The fourth-order valence-electron chi connectivity index (χ4n) is 3.46. The van der Waals surface area contributed by atoms with Crippen LogP contribution in [0.4, 0.5) is 11.4 Å². The van der Waals surface area contributed by atoms with Gasteiger partial charge < -0.3 is 20.3 Å². The van der Waals surface area contributed by atoms with E-state index in [1.807, 2.05) is 61.5 Å². The Kier molecular flexibility index (Phi) is 7.40. The lowest BCUT2D eigenvalue weighted by molar-refractivity contribution is -0.883. The second-order valence-corrected chi connectivity index (χ2v) is 7.21. The largest absolute Gasteiger partial charge is 0.495 e. The number of methoxy groups -OCH3 is 1. The summed E-state index contributed by atoms with van der Waals surface area (Å²) in [6, 6.07) is 21.1. The Labute approximate surface area is 176 Å². The average Bonchev–Trinajstić information content (AvgIpc) is 2.74. The molecule has 156 valence electrons. The van der Waals surface area contributed by atoms with Gasteiger partial charge in [-0.2, -0.15) is 0 Å². The second kappa shape index (κ2) is 10.4. The first-order valence-corrected chi connectivity index (χ1v) is 10.1. The lowest BCUT2D eigenvalue weighted by Crippen LogP contribution is -3.14. The van der Waals surface area contributed by atoms with Crippen molar-refractivity contribution in [2.24, 2.45) is 0 Å². The third-order valence-electron chi connectivity index (χ3n) is 4.84. The minimum atomic E-state index is -0.151. The quantitative estimate of drug-likeness (QED) is 0.512. The summed E-state index contributed by atoms with van der Waals surface area (Å²) in [5.74, 6) is 0.345. The number of para-hydroxylation sites is 2. The van der Waals surface area contributed by atoms with Gasteiger partial charge in [0.2, 0.25) is 0 Å². The van der Waals surface area contributed by atoms with Gasteiger partial charge in [0.1, 0.15) is 5.75 Å². The van der Waals surface area contributed by atoms with Crippen molar-refractivity contribution < 1.29 is 19.2 Å². The summed E-state index contributed by atoms with van der Waals surface area (Å²) in [6.07, 6.45) is 0.876. The number of hydrogen-bond acceptors (Lipinski definition) is 3. The third kappa shape index (κ3) is 5.81. The molecule has 3 rings (SSSR count). The Hall–Kier alpha value is -3.38. The number of rotatable bonds is 9. The molecule has 0 fully saturated rings. The smallest absolute Gasteiger partial charge is 0.279 e. The van der Waals surface area contributed by atoms with Crippen LogP contribution in [0, 0.1) is 0 Å². The molecule has 0 radical (unpaired) electrons. The van der Waals surface area contributed by atoms with E-state index in [0.29, 0.717) is 11.4 Å². The van der Waals surface area contributed by atoms with Crippen LogP contribution >= 0.6 is 0 Å². The molecule has 0 saturated heterocycles. The number of nitrogens with one attached hydrogen (secondary N) is 3. The predicted octanol–water partition coefficient (Wildman–Crippen LogP) is 2.72. The summed E-state index contributed by atoms with van der Waals surface area (Å²) < 4.78 is 5.27. The number of carbonyl (C=O) groups is 2. The summed E-state index contributed by atoms with van der Waals surface area (Å²) in [5.41, 5.74) is 1.38. The fraction of sp³-hybridized carbons (Fsp3) is 0.250. The van der Waals surface area contributed by atoms with Crippen LogP contribution in [0.5, 0.6) is 5.75 Å². The van der Waals surface area contributed by atoms with Crippen LogP contribution in [0.15, 0.2) is 66.7 Å². The molecule has 2 amide bonds. The van der Waals surface area contributed by atoms with Crippen LogP contribution < -0.4 is 20.3 Å². The molecule has 30 heavy (non-hydrogen) atoms. The van der Waals surface area contributed by atoms with Crippen molar-refractivity contribution >= 4 is 34.0 Å². The van der Waals surface area contributed by atoms with Gasteiger partial charge in [-0.25, -0.2) is 0 Å². The van der Waals surface area contributed by atoms with E-state index in [1.165, 1.54) is 0 Å². The predicted molar refractivity (Wildman–Crippen MR) is 120 cm³/mol. The maximum absolute atomic E-state index is 12.6. The lowest BCUT2D eigenvalue weighted by Gasteiger charge is -2.18. The molecular weight excluding hydrogens is 378 g/mol. The molecule has 0 aliphatic rings. The Bertz CT molecular complexity index is 1020. The molecular formula is C24H28N3O3+. The summed E-state index contributed by atoms with van der Waals surface area (Å²) in [4.78, 5) is 26.0. The highest BCUT2D eigenvalue weighted by molar-refractivity contribution is 5.95. The number of ether oxygens (including phenoxy) is 1. The van der Waals surface area contributed by atoms with E-state index in [9.17, 15) is 9.59 Å². The van der Waals surface area contributed by atoms with Crippen LogP contribution in [-0.2, 0) is 9.59 Å².